The third kappa shape index (κ3) is 2.49. The Bertz CT molecular complexity index is 492. The van der Waals surface area contributed by atoms with Crippen LogP contribution < -0.4 is 2.81 Å². The molecule has 2 aromatic carbocycles. The summed E-state index contributed by atoms with van der Waals surface area (Å²) in [7, 11) is 0. The summed E-state index contributed by atoms with van der Waals surface area (Å²) in [6.07, 6.45) is 0. The van der Waals surface area contributed by atoms with Gasteiger partial charge in [-0.25, -0.2) is 0 Å². The van der Waals surface area contributed by atoms with E-state index in [2.05, 4.69) is 30.3 Å². The Labute approximate surface area is 107 Å². The Morgan fingerprint density at radius 1 is 0.800 bits per heavy atom. The number of hydrogen-bond acceptors (Lipinski definition) is 1. The van der Waals surface area contributed by atoms with E-state index in [4.69, 9.17) is 5.26 Å². The fourth-order valence-electron chi connectivity index (χ4n) is 1.48. The molecule has 0 fully saturated rings. The summed E-state index contributed by atoms with van der Waals surface area (Å²) < 4.78 is 1.40. The van der Waals surface area contributed by atoms with Crippen LogP contribution in [-0.2, 0) is 0 Å². The Balaban J connectivity index is 2.38. The normalized spacial score (nSPS) is 9.67. The first kappa shape index (κ1) is 10.4. The second kappa shape index (κ2) is 4.63. The van der Waals surface area contributed by atoms with Crippen LogP contribution in [0.1, 0.15) is 5.56 Å². The summed E-state index contributed by atoms with van der Waals surface area (Å²) in [4.78, 5) is 0. The van der Waals surface area contributed by atoms with Gasteiger partial charge in [0.05, 0.1) is 0 Å². The summed E-state index contributed by atoms with van der Waals surface area (Å²) in [5.41, 5.74) is 3.08. The van der Waals surface area contributed by atoms with Crippen LogP contribution in [-0.4, -0.2) is 27.9 Å². The molecule has 0 saturated heterocycles. The van der Waals surface area contributed by atoms with E-state index in [0.717, 1.165) is 33.5 Å². The van der Waals surface area contributed by atoms with E-state index >= 15 is 0 Å². The molecule has 0 saturated carbocycles. The second-order valence-corrected chi connectivity index (χ2v) is 4.71. The van der Waals surface area contributed by atoms with Crippen LogP contribution in [0.4, 0.5) is 0 Å². The standard InChI is InChI=1S/C13H8N.Na/c14-10-11-6-8-13(9-7-11)12-4-2-1-3-5-12;/h2-9H;. The molecule has 2 rings (SSSR count). The predicted octanol–water partition coefficient (Wildman–Crippen LogP) is 2.02. The first-order valence-electron chi connectivity index (χ1n) is 4.87. The summed E-state index contributed by atoms with van der Waals surface area (Å²) in [5, 5.41) is 8.69. The first-order chi connectivity index (χ1) is 7.29. The van der Waals surface area contributed by atoms with Gasteiger partial charge in [-0.1, -0.05) is 0 Å². The van der Waals surface area contributed by atoms with Crippen LogP contribution in [0.5, 0.6) is 0 Å². The van der Waals surface area contributed by atoms with Gasteiger partial charge in [-0.15, -0.1) is 0 Å². The molecule has 0 aliphatic rings. The molecule has 0 spiro atoms. The van der Waals surface area contributed by atoms with Gasteiger partial charge in [-0.3, -0.25) is 0 Å². The number of nitriles is 1. The summed E-state index contributed by atoms with van der Waals surface area (Å²) in [6.45, 7) is 0. The number of hydrogen-bond donors (Lipinski definition) is 0. The Morgan fingerprint density at radius 3 is 1.73 bits per heavy atom. The van der Waals surface area contributed by atoms with Crippen LogP contribution in [0.2, 0.25) is 0 Å². The van der Waals surface area contributed by atoms with Crippen LogP contribution in [0.3, 0.4) is 0 Å². The van der Waals surface area contributed by atoms with Crippen molar-refractivity contribution in [3.8, 4) is 17.2 Å². The van der Waals surface area contributed by atoms with E-state index in [1.807, 2.05) is 24.3 Å². The number of nitrogens with zero attached hydrogens (tertiary/aromatic N) is 1. The average molecular weight is 201 g/mol. The molecule has 2 aromatic rings. The van der Waals surface area contributed by atoms with Gasteiger partial charge in [0.1, 0.15) is 0 Å². The minimum absolute atomic E-state index is 0.707. The molecular weight excluding hydrogens is 193 g/mol. The van der Waals surface area contributed by atoms with E-state index in [-0.39, 0.29) is 0 Å². The quantitative estimate of drug-likeness (QED) is 0.647. The fraction of sp³-hybridized carbons (Fsp3) is 0. The third-order valence-electron chi connectivity index (χ3n) is 2.40. The van der Waals surface area contributed by atoms with E-state index < -0.39 is 0 Å². The predicted molar refractivity (Wildman–Crippen MR) is 62.0 cm³/mol. The van der Waals surface area contributed by atoms with E-state index in [1.165, 1.54) is 8.38 Å². The van der Waals surface area contributed by atoms with Crippen molar-refractivity contribution in [2.75, 3.05) is 0 Å². The molecule has 0 atom stereocenters. The van der Waals surface area contributed by atoms with Gasteiger partial charge in [0.25, 0.3) is 0 Å². The van der Waals surface area contributed by atoms with Crippen molar-refractivity contribution in [1.29, 1.82) is 5.26 Å². The van der Waals surface area contributed by atoms with Crippen LogP contribution in [0.25, 0.3) is 11.1 Å². The van der Waals surface area contributed by atoms with Crippen molar-refractivity contribution in [1.82, 2.24) is 0 Å². The van der Waals surface area contributed by atoms with Crippen molar-refractivity contribution in [3.63, 3.8) is 0 Å². The van der Waals surface area contributed by atoms with E-state index in [1.54, 1.807) is 0 Å². The molecule has 0 heterocycles. The fourth-order valence-corrected chi connectivity index (χ4v) is 1.82. The number of rotatable bonds is 1. The second-order valence-electron chi connectivity index (χ2n) is 3.56. The van der Waals surface area contributed by atoms with Crippen LogP contribution in [0.15, 0.2) is 48.5 Å². The molecule has 0 aliphatic carbocycles. The SMILES string of the molecule is N#Cc1ccc(-c2cc[c]([Na])cc2)cc1. The topological polar surface area (TPSA) is 23.8 Å². The van der Waals surface area contributed by atoms with E-state index in [0.29, 0.717) is 5.56 Å². The molecule has 0 radical (unpaired) electrons. The van der Waals surface area contributed by atoms with Gasteiger partial charge < -0.3 is 0 Å². The zero-order chi connectivity index (χ0) is 10.7. The number of benzene rings is 2. The van der Waals surface area contributed by atoms with Gasteiger partial charge in [0.15, 0.2) is 0 Å². The zero-order valence-corrected chi connectivity index (χ0v) is 10.6. The zero-order valence-electron chi connectivity index (χ0n) is 8.57. The maximum atomic E-state index is 8.69. The Morgan fingerprint density at radius 2 is 1.27 bits per heavy atom. The van der Waals surface area contributed by atoms with Crippen molar-refractivity contribution >= 4 is 30.7 Å². The molecule has 0 N–H and O–H groups in total. The van der Waals surface area contributed by atoms with Gasteiger partial charge in [0, 0.05) is 0 Å². The molecule has 2 heteroatoms. The van der Waals surface area contributed by atoms with Crippen LogP contribution >= 0.6 is 0 Å². The van der Waals surface area contributed by atoms with Gasteiger partial charge in [-0.2, -0.15) is 0 Å². The summed E-state index contributed by atoms with van der Waals surface area (Å²) in [5.74, 6) is 0. The molecule has 0 aliphatic heterocycles. The molecule has 1 nitrogen and oxygen atoms in total. The molecule has 0 unspecified atom stereocenters. The van der Waals surface area contributed by atoms with Crippen molar-refractivity contribution in [3.05, 3.63) is 54.1 Å². The monoisotopic (exact) mass is 201 g/mol. The Hall–Kier alpha value is -1.07. The molecule has 0 amide bonds. The van der Waals surface area contributed by atoms with Crippen molar-refractivity contribution in [2.45, 2.75) is 0 Å². The molecule has 0 bridgehead atoms. The van der Waals surface area contributed by atoms with Gasteiger partial charge in [-0.05, 0) is 0 Å². The van der Waals surface area contributed by atoms with Crippen molar-refractivity contribution in [2.24, 2.45) is 0 Å². The average Bonchev–Trinajstić information content (AvgIpc) is 2.30. The Kier molecular flexibility index (Phi) is 3.23. The summed E-state index contributed by atoms with van der Waals surface area (Å²) in [6, 6.07) is 18.4. The van der Waals surface area contributed by atoms with Gasteiger partial charge >= 0.3 is 107 Å². The van der Waals surface area contributed by atoms with Gasteiger partial charge in [0.2, 0.25) is 0 Å². The molecular formula is C13H8NNa. The van der Waals surface area contributed by atoms with E-state index in [9.17, 15) is 0 Å². The van der Waals surface area contributed by atoms with Crippen LogP contribution in [0, 0.1) is 11.3 Å². The maximum absolute atomic E-state index is 8.69. The molecule has 15 heavy (non-hydrogen) atoms. The van der Waals surface area contributed by atoms with Crippen molar-refractivity contribution < 1.29 is 0 Å². The minimum atomic E-state index is 0.707. The molecule has 66 valence electrons. The first-order valence-corrected chi connectivity index (χ1v) is 5.87. The molecule has 0 aromatic heterocycles. The summed E-state index contributed by atoms with van der Waals surface area (Å²) >= 11 is 1.09. The third-order valence-corrected chi connectivity index (χ3v) is 3.07.